The van der Waals surface area contributed by atoms with Gasteiger partial charge < -0.3 is 4.74 Å². The maximum absolute atomic E-state index is 6.05. The van der Waals surface area contributed by atoms with Crippen molar-refractivity contribution in [2.24, 2.45) is 0 Å². The third-order valence-corrected chi connectivity index (χ3v) is 4.37. The van der Waals surface area contributed by atoms with Crippen molar-refractivity contribution in [3.63, 3.8) is 0 Å². The van der Waals surface area contributed by atoms with Crippen molar-refractivity contribution in [2.75, 3.05) is 13.7 Å². The van der Waals surface area contributed by atoms with Crippen LogP contribution in [-0.4, -0.2) is 24.3 Å². The summed E-state index contributed by atoms with van der Waals surface area (Å²) in [7, 11) is 1.66. The van der Waals surface area contributed by atoms with Crippen LogP contribution < -0.4 is 4.74 Å². The van der Waals surface area contributed by atoms with Gasteiger partial charge in [-0.15, -0.1) is 0 Å². The molecule has 0 spiro atoms. The van der Waals surface area contributed by atoms with E-state index in [9.17, 15) is 0 Å². The fourth-order valence-electron chi connectivity index (χ4n) is 2.17. The van der Waals surface area contributed by atoms with Crippen LogP contribution in [0.5, 0.6) is 5.75 Å². The first-order valence-corrected chi connectivity index (χ1v) is 7.89. The van der Waals surface area contributed by atoms with Gasteiger partial charge in [-0.25, -0.2) is 0 Å². The van der Waals surface area contributed by atoms with Crippen LogP contribution in [0.1, 0.15) is 38.9 Å². The fourth-order valence-corrected chi connectivity index (χ4v) is 3.72. The van der Waals surface area contributed by atoms with Crippen LogP contribution >= 0.6 is 31.9 Å². The first kappa shape index (κ1) is 15.3. The van der Waals surface area contributed by atoms with Crippen LogP contribution in [0.2, 0.25) is 0 Å². The molecule has 1 aromatic carbocycles. The van der Waals surface area contributed by atoms with Crippen LogP contribution in [0.3, 0.4) is 0 Å². The molecule has 2 rings (SSSR count). The molecule has 1 heterocycles. The molecule has 1 atom stereocenters. The Morgan fingerprint density at radius 1 is 1.26 bits per heavy atom. The lowest BCUT2D eigenvalue weighted by atomic mass is 10.1. The summed E-state index contributed by atoms with van der Waals surface area (Å²) in [4.78, 5) is 6.05. The standard InChI is InChI=1S/C14H19Br2NO2/c1-14(2,3)17-6-5-12(19-17)9-7-10(15)13(18-4)11(16)8-9/h7-8,12H,5-6H2,1-4H3. The Bertz CT molecular complexity index is 448. The first-order chi connectivity index (χ1) is 8.82. The Labute approximate surface area is 131 Å². The Morgan fingerprint density at radius 2 is 1.84 bits per heavy atom. The fraction of sp³-hybridized carbons (Fsp3) is 0.571. The monoisotopic (exact) mass is 391 g/mol. The van der Waals surface area contributed by atoms with Gasteiger partial charge in [0.15, 0.2) is 0 Å². The SMILES string of the molecule is COc1c(Br)cc(C2CCN(C(C)(C)C)O2)cc1Br. The average molecular weight is 393 g/mol. The molecule has 0 saturated carbocycles. The molecule has 3 nitrogen and oxygen atoms in total. The highest BCUT2D eigenvalue weighted by Crippen LogP contribution is 2.40. The Morgan fingerprint density at radius 3 is 2.26 bits per heavy atom. The molecular formula is C14H19Br2NO2. The summed E-state index contributed by atoms with van der Waals surface area (Å²) in [6.07, 6.45) is 1.11. The van der Waals surface area contributed by atoms with Crippen LogP contribution in [0.25, 0.3) is 0 Å². The van der Waals surface area contributed by atoms with Gasteiger partial charge in [0, 0.05) is 12.1 Å². The number of methoxy groups -OCH3 is 1. The molecule has 0 amide bonds. The highest BCUT2D eigenvalue weighted by atomic mass is 79.9. The average Bonchev–Trinajstić information content (AvgIpc) is 2.77. The zero-order valence-electron chi connectivity index (χ0n) is 11.7. The highest BCUT2D eigenvalue weighted by molar-refractivity contribution is 9.11. The molecule has 1 aliphatic heterocycles. The number of halogens is 2. The number of nitrogens with zero attached hydrogens (tertiary/aromatic N) is 1. The van der Waals surface area contributed by atoms with Crippen molar-refractivity contribution >= 4 is 31.9 Å². The van der Waals surface area contributed by atoms with Crippen molar-refractivity contribution in [1.29, 1.82) is 0 Å². The van der Waals surface area contributed by atoms with Gasteiger partial charge in [0.1, 0.15) is 11.9 Å². The topological polar surface area (TPSA) is 21.7 Å². The van der Waals surface area contributed by atoms with Gasteiger partial charge in [-0.1, -0.05) is 0 Å². The Balaban J connectivity index is 2.21. The largest absolute Gasteiger partial charge is 0.494 e. The Hall–Kier alpha value is -0.100. The number of hydroxylamine groups is 2. The van der Waals surface area contributed by atoms with Crippen LogP contribution in [-0.2, 0) is 4.84 Å². The molecule has 1 aromatic rings. The number of hydrogen-bond donors (Lipinski definition) is 0. The molecule has 1 aliphatic rings. The zero-order chi connectivity index (χ0) is 14.2. The van der Waals surface area contributed by atoms with E-state index in [2.05, 4.69) is 69.8 Å². The summed E-state index contributed by atoms with van der Waals surface area (Å²) in [5.74, 6) is 0.814. The Kier molecular flexibility index (Phi) is 4.60. The summed E-state index contributed by atoms with van der Waals surface area (Å²) in [5, 5.41) is 2.06. The van der Waals surface area contributed by atoms with E-state index in [0.29, 0.717) is 0 Å². The van der Waals surface area contributed by atoms with Crippen LogP contribution in [0.15, 0.2) is 21.1 Å². The third kappa shape index (κ3) is 3.32. The number of hydrogen-bond acceptors (Lipinski definition) is 3. The van der Waals surface area contributed by atoms with Crippen molar-refractivity contribution < 1.29 is 9.57 Å². The number of rotatable bonds is 2. The summed E-state index contributed by atoms with van der Waals surface area (Å²) in [6, 6.07) is 4.14. The summed E-state index contributed by atoms with van der Waals surface area (Å²) in [5.41, 5.74) is 1.20. The summed E-state index contributed by atoms with van der Waals surface area (Å²) in [6.45, 7) is 7.44. The zero-order valence-corrected chi connectivity index (χ0v) is 14.8. The maximum atomic E-state index is 6.05. The molecule has 1 fully saturated rings. The second kappa shape index (κ2) is 5.72. The second-order valence-corrected chi connectivity index (χ2v) is 7.38. The van der Waals surface area contributed by atoms with E-state index >= 15 is 0 Å². The van der Waals surface area contributed by atoms with E-state index < -0.39 is 0 Å². The molecule has 1 unspecified atom stereocenters. The molecule has 0 aliphatic carbocycles. The lowest BCUT2D eigenvalue weighted by molar-refractivity contribution is -0.196. The van der Waals surface area contributed by atoms with Crippen molar-refractivity contribution in [1.82, 2.24) is 5.06 Å². The van der Waals surface area contributed by atoms with Gasteiger partial charge in [0.25, 0.3) is 0 Å². The maximum Gasteiger partial charge on any atom is 0.147 e. The normalized spacial score (nSPS) is 20.8. The third-order valence-electron chi connectivity index (χ3n) is 3.19. The smallest absolute Gasteiger partial charge is 0.147 e. The molecule has 0 radical (unpaired) electrons. The van der Waals surface area contributed by atoms with E-state index in [1.165, 1.54) is 0 Å². The molecule has 0 bridgehead atoms. The minimum atomic E-state index is 0.0374. The quantitative estimate of drug-likeness (QED) is 0.728. The van der Waals surface area contributed by atoms with Gasteiger partial charge in [-0.3, -0.25) is 4.84 Å². The van der Waals surface area contributed by atoms with Crippen LogP contribution in [0, 0.1) is 0 Å². The van der Waals surface area contributed by atoms with E-state index in [1.807, 2.05) is 0 Å². The predicted octanol–water partition coefficient (Wildman–Crippen LogP) is 4.70. The molecule has 1 saturated heterocycles. The molecule has 0 aromatic heterocycles. The molecule has 19 heavy (non-hydrogen) atoms. The van der Waals surface area contributed by atoms with Gasteiger partial charge in [-0.05, 0) is 76.7 Å². The van der Waals surface area contributed by atoms with Crippen molar-refractivity contribution in [3.05, 3.63) is 26.6 Å². The first-order valence-electron chi connectivity index (χ1n) is 6.30. The van der Waals surface area contributed by atoms with Crippen molar-refractivity contribution in [2.45, 2.75) is 38.8 Å². The van der Waals surface area contributed by atoms with E-state index in [0.717, 1.165) is 33.2 Å². The second-order valence-electron chi connectivity index (χ2n) is 5.67. The van der Waals surface area contributed by atoms with E-state index in [-0.39, 0.29) is 11.6 Å². The summed E-state index contributed by atoms with van der Waals surface area (Å²) < 4.78 is 7.21. The number of benzene rings is 1. The predicted molar refractivity (Wildman–Crippen MR) is 83.3 cm³/mol. The van der Waals surface area contributed by atoms with Gasteiger partial charge in [-0.2, -0.15) is 5.06 Å². The number of ether oxygens (including phenoxy) is 1. The molecular weight excluding hydrogens is 374 g/mol. The molecule has 5 heteroatoms. The lowest BCUT2D eigenvalue weighted by Crippen LogP contribution is -2.38. The minimum Gasteiger partial charge on any atom is -0.494 e. The van der Waals surface area contributed by atoms with E-state index in [4.69, 9.17) is 9.57 Å². The van der Waals surface area contributed by atoms with Gasteiger partial charge >= 0.3 is 0 Å². The van der Waals surface area contributed by atoms with Crippen LogP contribution in [0.4, 0.5) is 0 Å². The lowest BCUT2D eigenvalue weighted by Gasteiger charge is -2.30. The van der Waals surface area contributed by atoms with Crippen molar-refractivity contribution in [3.8, 4) is 5.75 Å². The summed E-state index contributed by atoms with van der Waals surface area (Å²) >= 11 is 7.07. The molecule has 0 N–H and O–H groups in total. The van der Waals surface area contributed by atoms with Gasteiger partial charge in [0.05, 0.1) is 16.1 Å². The van der Waals surface area contributed by atoms with E-state index in [1.54, 1.807) is 7.11 Å². The highest BCUT2D eigenvalue weighted by Gasteiger charge is 2.32. The van der Waals surface area contributed by atoms with Gasteiger partial charge in [0.2, 0.25) is 0 Å². The molecule has 106 valence electrons. The minimum absolute atomic E-state index is 0.0374.